The van der Waals surface area contributed by atoms with Crippen molar-refractivity contribution in [2.24, 2.45) is 5.73 Å². The Morgan fingerprint density at radius 2 is 2.21 bits per heavy atom. The largest absolute Gasteiger partial charge is 0.378 e. The standard InChI is InChI=1S/C15H23BrN2O/c1-11-4-5-12(13(16)8-11)14(9-17)18-6-7-19-10-15(18,2)3/h4-5,8,14H,6-7,9-10,17H2,1-3H3. The second-order valence-electron chi connectivity index (χ2n) is 5.83. The number of hydrogen-bond acceptors (Lipinski definition) is 3. The van der Waals surface area contributed by atoms with Crippen LogP contribution in [0.5, 0.6) is 0 Å². The zero-order valence-corrected chi connectivity index (χ0v) is 13.5. The van der Waals surface area contributed by atoms with E-state index in [1.165, 1.54) is 11.1 Å². The van der Waals surface area contributed by atoms with Crippen molar-refractivity contribution in [3.05, 3.63) is 33.8 Å². The molecular formula is C15H23BrN2O. The number of rotatable bonds is 3. The number of nitrogens with two attached hydrogens (primary N) is 1. The van der Waals surface area contributed by atoms with Gasteiger partial charge in [0, 0.05) is 29.1 Å². The SMILES string of the molecule is Cc1ccc(C(CN)N2CCOCC2(C)C)c(Br)c1. The fourth-order valence-corrected chi connectivity index (χ4v) is 3.53. The highest BCUT2D eigenvalue weighted by atomic mass is 79.9. The van der Waals surface area contributed by atoms with E-state index in [0.29, 0.717) is 6.54 Å². The maximum absolute atomic E-state index is 6.06. The van der Waals surface area contributed by atoms with Crippen molar-refractivity contribution in [3.8, 4) is 0 Å². The Kier molecular flexibility index (Phi) is 4.66. The van der Waals surface area contributed by atoms with Crippen LogP contribution in [-0.4, -0.2) is 36.7 Å². The number of halogens is 1. The summed E-state index contributed by atoms with van der Waals surface area (Å²) in [6.45, 7) is 9.62. The van der Waals surface area contributed by atoms with Crippen LogP contribution in [0, 0.1) is 6.92 Å². The average molecular weight is 327 g/mol. The number of aryl methyl sites for hydroxylation is 1. The van der Waals surface area contributed by atoms with E-state index in [2.05, 4.69) is 59.8 Å². The van der Waals surface area contributed by atoms with Gasteiger partial charge < -0.3 is 10.5 Å². The molecule has 1 atom stereocenters. The summed E-state index contributed by atoms with van der Waals surface area (Å²) in [7, 11) is 0. The quantitative estimate of drug-likeness (QED) is 0.928. The van der Waals surface area contributed by atoms with Crippen LogP contribution in [-0.2, 0) is 4.74 Å². The van der Waals surface area contributed by atoms with Crippen LogP contribution in [0.1, 0.15) is 31.0 Å². The van der Waals surface area contributed by atoms with Crippen molar-refractivity contribution in [2.75, 3.05) is 26.3 Å². The molecule has 1 fully saturated rings. The molecule has 1 heterocycles. The minimum Gasteiger partial charge on any atom is -0.378 e. The number of ether oxygens (including phenoxy) is 1. The van der Waals surface area contributed by atoms with Crippen LogP contribution in [0.25, 0.3) is 0 Å². The maximum atomic E-state index is 6.06. The summed E-state index contributed by atoms with van der Waals surface area (Å²) in [5, 5.41) is 0. The van der Waals surface area contributed by atoms with Crippen molar-refractivity contribution in [2.45, 2.75) is 32.4 Å². The van der Waals surface area contributed by atoms with E-state index in [4.69, 9.17) is 10.5 Å². The van der Waals surface area contributed by atoms with Gasteiger partial charge in [-0.1, -0.05) is 28.1 Å². The maximum Gasteiger partial charge on any atom is 0.0645 e. The third kappa shape index (κ3) is 3.19. The normalized spacial score (nSPS) is 21.3. The molecule has 0 bridgehead atoms. The zero-order chi connectivity index (χ0) is 14.0. The Balaban J connectivity index is 2.33. The first-order valence-electron chi connectivity index (χ1n) is 6.76. The molecule has 0 amide bonds. The van der Waals surface area contributed by atoms with Crippen molar-refractivity contribution < 1.29 is 4.74 Å². The third-order valence-corrected chi connectivity index (χ3v) is 4.51. The Hall–Kier alpha value is -0.420. The van der Waals surface area contributed by atoms with Gasteiger partial charge >= 0.3 is 0 Å². The molecule has 0 aliphatic carbocycles. The fraction of sp³-hybridized carbons (Fsp3) is 0.600. The van der Waals surface area contributed by atoms with Crippen LogP contribution in [0.15, 0.2) is 22.7 Å². The van der Waals surface area contributed by atoms with Gasteiger partial charge in [0.1, 0.15) is 0 Å². The minimum atomic E-state index is 0.0204. The van der Waals surface area contributed by atoms with E-state index in [0.717, 1.165) is 24.2 Å². The van der Waals surface area contributed by atoms with Gasteiger partial charge in [-0.3, -0.25) is 4.90 Å². The molecule has 4 heteroatoms. The molecule has 3 nitrogen and oxygen atoms in total. The highest BCUT2D eigenvalue weighted by Gasteiger charge is 2.36. The summed E-state index contributed by atoms with van der Waals surface area (Å²) in [5.74, 6) is 0. The summed E-state index contributed by atoms with van der Waals surface area (Å²) in [6, 6.07) is 6.72. The molecule has 106 valence electrons. The molecule has 1 saturated heterocycles. The lowest BCUT2D eigenvalue weighted by Crippen LogP contribution is -2.55. The zero-order valence-electron chi connectivity index (χ0n) is 11.9. The molecule has 0 radical (unpaired) electrons. The summed E-state index contributed by atoms with van der Waals surface area (Å²) in [5.41, 5.74) is 8.60. The lowest BCUT2D eigenvalue weighted by molar-refractivity contribution is -0.0713. The Labute approximate surface area is 124 Å². The molecule has 1 aromatic carbocycles. The highest BCUT2D eigenvalue weighted by Crippen LogP contribution is 2.34. The number of nitrogens with zero attached hydrogens (tertiary/aromatic N) is 1. The van der Waals surface area contributed by atoms with Gasteiger partial charge in [0.05, 0.1) is 13.2 Å². The van der Waals surface area contributed by atoms with Gasteiger partial charge in [-0.25, -0.2) is 0 Å². The van der Waals surface area contributed by atoms with E-state index < -0.39 is 0 Å². The average Bonchev–Trinajstić information content (AvgIpc) is 2.34. The Bertz CT molecular complexity index is 448. The van der Waals surface area contributed by atoms with Crippen LogP contribution < -0.4 is 5.73 Å². The summed E-state index contributed by atoms with van der Waals surface area (Å²) in [6.07, 6.45) is 0. The lowest BCUT2D eigenvalue weighted by atomic mass is 9.95. The van der Waals surface area contributed by atoms with E-state index in [1.807, 2.05) is 0 Å². The summed E-state index contributed by atoms with van der Waals surface area (Å²) < 4.78 is 6.74. The predicted molar refractivity (Wildman–Crippen MR) is 82.3 cm³/mol. The van der Waals surface area contributed by atoms with Gasteiger partial charge in [-0.15, -0.1) is 0 Å². The first-order valence-corrected chi connectivity index (χ1v) is 7.55. The lowest BCUT2D eigenvalue weighted by Gasteiger charge is -2.46. The number of hydrogen-bond donors (Lipinski definition) is 1. The highest BCUT2D eigenvalue weighted by molar-refractivity contribution is 9.10. The fourth-order valence-electron chi connectivity index (χ4n) is 2.77. The molecule has 1 unspecified atom stereocenters. The first-order chi connectivity index (χ1) is 8.95. The number of benzene rings is 1. The molecule has 1 aliphatic heterocycles. The first kappa shape index (κ1) is 15.0. The Morgan fingerprint density at radius 1 is 1.47 bits per heavy atom. The molecule has 0 saturated carbocycles. The van der Waals surface area contributed by atoms with Gasteiger partial charge in [-0.2, -0.15) is 0 Å². The molecule has 19 heavy (non-hydrogen) atoms. The van der Waals surface area contributed by atoms with Crippen molar-refractivity contribution in [1.82, 2.24) is 4.90 Å². The molecule has 0 spiro atoms. The van der Waals surface area contributed by atoms with E-state index >= 15 is 0 Å². The molecular weight excluding hydrogens is 304 g/mol. The summed E-state index contributed by atoms with van der Waals surface area (Å²) >= 11 is 3.68. The van der Waals surface area contributed by atoms with E-state index in [9.17, 15) is 0 Å². The second kappa shape index (κ2) is 5.92. The molecule has 1 aromatic rings. The molecule has 0 aromatic heterocycles. The van der Waals surface area contributed by atoms with E-state index in [-0.39, 0.29) is 11.6 Å². The predicted octanol–water partition coefficient (Wildman–Crippen LogP) is 2.87. The van der Waals surface area contributed by atoms with Crippen molar-refractivity contribution >= 4 is 15.9 Å². The molecule has 2 N–H and O–H groups in total. The number of morpholine rings is 1. The van der Waals surface area contributed by atoms with Gasteiger partial charge in [0.2, 0.25) is 0 Å². The van der Waals surface area contributed by atoms with Crippen molar-refractivity contribution in [1.29, 1.82) is 0 Å². The minimum absolute atomic E-state index is 0.0204. The van der Waals surface area contributed by atoms with Crippen LogP contribution in [0.4, 0.5) is 0 Å². The molecule has 1 aliphatic rings. The monoisotopic (exact) mass is 326 g/mol. The van der Waals surface area contributed by atoms with Crippen molar-refractivity contribution in [3.63, 3.8) is 0 Å². The second-order valence-corrected chi connectivity index (χ2v) is 6.69. The van der Waals surface area contributed by atoms with Crippen LogP contribution in [0.2, 0.25) is 0 Å². The molecule has 2 rings (SSSR count). The summed E-state index contributed by atoms with van der Waals surface area (Å²) in [4.78, 5) is 2.46. The van der Waals surface area contributed by atoms with Gasteiger partial charge in [0.15, 0.2) is 0 Å². The van der Waals surface area contributed by atoms with Crippen LogP contribution >= 0.6 is 15.9 Å². The van der Waals surface area contributed by atoms with E-state index in [1.54, 1.807) is 0 Å². The smallest absolute Gasteiger partial charge is 0.0645 e. The topological polar surface area (TPSA) is 38.5 Å². The van der Waals surface area contributed by atoms with Gasteiger partial charge in [0.25, 0.3) is 0 Å². The third-order valence-electron chi connectivity index (χ3n) is 3.82. The van der Waals surface area contributed by atoms with Gasteiger partial charge in [-0.05, 0) is 38.0 Å². The van der Waals surface area contributed by atoms with Crippen LogP contribution in [0.3, 0.4) is 0 Å². The Morgan fingerprint density at radius 3 is 2.79 bits per heavy atom.